The quantitative estimate of drug-likeness (QED) is 0.855. The Labute approximate surface area is 123 Å². The largest absolute Gasteiger partial charge is 0.348 e. The minimum absolute atomic E-state index is 0.0867. The Morgan fingerprint density at radius 3 is 2.60 bits per heavy atom. The first-order valence-corrected chi connectivity index (χ1v) is 7.26. The van der Waals surface area contributed by atoms with E-state index in [0.717, 1.165) is 18.4 Å². The number of benzene rings is 2. The lowest BCUT2D eigenvalue weighted by Gasteiger charge is -2.17. The normalized spacial score (nSPS) is 18.4. The number of nitrogens with one attached hydrogen (secondary N) is 1. The van der Waals surface area contributed by atoms with Gasteiger partial charge in [-0.1, -0.05) is 54.6 Å². The molecular formula is C17H16ClNO. The average Bonchev–Trinajstić information content (AvgIpc) is 2.91. The predicted molar refractivity (Wildman–Crippen MR) is 80.7 cm³/mol. The summed E-state index contributed by atoms with van der Waals surface area (Å²) in [4.78, 5) is 12.3. The third kappa shape index (κ3) is 2.56. The molecule has 3 rings (SSSR count). The second-order valence-electron chi connectivity index (χ2n) is 5.07. The van der Waals surface area contributed by atoms with Gasteiger partial charge in [0.25, 0.3) is 0 Å². The lowest BCUT2D eigenvalue weighted by molar-refractivity contribution is -0.121. The number of fused-ring (bicyclic) bond motifs is 1. The van der Waals surface area contributed by atoms with Gasteiger partial charge in [-0.15, -0.1) is 11.6 Å². The predicted octanol–water partition coefficient (Wildman–Crippen LogP) is 3.77. The molecule has 2 aromatic rings. The molecule has 1 amide bonds. The van der Waals surface area contributed by atoms with Crippen LogP contribution in [0.15, 0.2) is 54.6 Å². The Kier molecular flexibility index (Phi) is 3.75. The Bertz CT molecular complexity index is 611. The van der Waals surface area contributed by atoms with Crippen molar-refractivity contribution in [3.63, 3.8) is 0 Å². The highest BCUT2D eigenvalue weighted by atomic mass is 35.5. The summed E-state index contributed by atoms with van der Waals surface area (Å²) >= 11 is 6.25. The number of aryl methyl sites for hydroxylation is 1. The number of amides is 1. The van der Waals surface area contributed by atoms with Crippen LogP contribution in [0.5, 0.6) is 0 Å². The van der Waals surface area contributed by atoms with Gasteiger partial charge in [0.15, 0.2) is 0 Å². The van der Waals surface area contributed by atoms with Crippen molar-refractivity contribution in [1.29, 1.82) is 0 Å². The van der Waals surface area contributed by atoms with Crippen molar-refractivity contribution in [3.05, 3.63) is 71.3 Å². The molecule has 1 aliphatic rings. The first kappa shape index (κ1) is 13.2. The lowest BCUT2D eigenvalue weighted by Crippen LogP contribution is -2.30. The zero-order chi connectivity index (χ0) is 13.9. The molecule has 3 heteroatoms. The van der Waals surface area contributed by atoms with E-state index in [1.54, 1.807) is 0 Å². The highest BCUT2D eigenvalue weighted by Crippen LogP contribution is 2.31. The molecule has 0 spiro atoms. The van der Waals surface area contributed by atoms with Crippen LogP contribution in [0.2, 0.25) is 0 Å². The summed E-state index contributed by atoms with van der Waals surface area (Å²) in [5.41, 5.74) is 3.37. The van der Waals surface area contributed by atoms with Gasteiger partial charge >= 0.3 is 0 Å². The van der Waals surface area contributed by atoms with Crippen LogP contribution < -0.4 is 5.32 Å². The monoisotopic (exact) mass is 285 g/mol. The van der Waals surface area contributed by atoms with E-state index >= 15 is 0 Å². The van der Waals surface area contributed by atoms with Gasteiger partial charge in [-0.25, -0.2) is 0 Å². The molecule has 2 nitrogen and oxygen atoms in total. The lowest BCUT2D eigenvalue weighted by atomic mass is 10.1. The third-order valence-electron chi connectivity index (χ3n) is 3.77. The molecule has 0 saturated carbocycles. The van der Waals surface area contributed by atoms with Crippen LogP contribution in [-0.2, 0) is 11.2 Å². The second kappa shape index (κ2) is 5.68. The Hall–Kier alpha value is -1.80. The fraction of sp³-hybridized carbons (Fsp3) is 0.235. The highest BCUT2D eigenvalue weighted by molar-refractivity contribution is 6.30. The van der Waals surface area contributed by atoms with Crippen molar-refractivity contribution < 1.29 is 4.79 Å². The number of alkyl halides is 1. The molecule has 2 unspecified atom stereocenters. The van der Waals surface area contributed by atoms with Gasteiger partial charge < -0.3 is 5.32 Å². The smallest absolute Gasteiger partial charge is 0.243 e. The van der Waals surface area contributed by atoms with E-state index in [-0.39, 0.29) is 11.9 Å². The summed E-state index contributed by atoms with van der Waals surface area (Å²) in [5, 5.41) is 2.43. The van der Waals surface area contributed by atoms with Gasteiger partial charge in [-0.05, 0) is 29.5 Å². The molecule has 0 fully saturated rings. The zero-order valence-corrected chi connectivity index (χ0v) is 11.8. The fourth-order valence-electron chi connectivity index (χ4n) is 2.73. The van der Waals surface area contributed by atoms with E-state index in [2.05, 4.69) is 17.4 Å². The maximum Gasteiger partial charge on any atom is 0.243 e. The van der Waals surface area contributed by atoms with Crippen LogP contribution in [0, 0.1) is 0 Å². The van der Waals surface area contributed by atoms with Gasteiger partial charge in [-0.3, -0.25) is 4.79 Å². The molecular weight excluding hydrogens is 270 g/mol. The molecule has 1 N–H and O–H groups in total. The van der Waals surface area contributed by atoms with Crippen molar-refractivity contribution in [3.8, 4) is 0 Å². The van der Waals surface area contributed by atoms with Crippen LogP contribution in [0.1, 0.15) is 34.5 Å². The first-order chi connectivity index (χ1) is 9.75. The molecule has 2 aromatic carbocycles. The maximum atomic E-state index is 12.3. The SMILES string of the molecule is O=C(NC1CCc2ccccc21)C(Cl)c1ccccc1. The summed E-state index contributed by atoms with van der Waals surface area (Å²) in [6.07, 6.45) is 1.96. The summed E-state index contributed by atoms with van der Waals surface area (Å²) in [6.45, 7) is 0. The zero-order valence-electron chi connectivity index (χ0n) is 11.1. The Morgan fingerprint density at radius 2 is 1.80 bits per heavy atom. The average molecular weight is 286 g/mol. The second-order valence-corrected chi connectivity index (χ2v) is 5.51. The van der Waals surface area contributed by atoms with E-state index in [1.165, 1.54) is 11.1 Å². The van der Waals surface area contributed by atoms with Crippen molar-refractivity contribution in [2.24, 2.45) is 0 Å². The molecule has 102 valence electrons. The molecule has 1 aliphatic carbocycles. The minimum atomic E-state index is -0.635. The molecule has 0 aliphatic heterocycles. The van der Waals surface area contributed by atoms with Crippen LogP contribution in [0.4, 0.5) is 0 Å². The fourth-order valence-corrected chi connectivity index (χ4v) is 2.93. The summed E-state index contributed by atoms with van der Waals surface area (Å²) in [6, 6.07) is 17.8. The van der Waals surface area contributed by atoms with Crippen molar-refractivity contribution in [2.75, 3.05) is 0 Å². The van der Waals surface area contributed by atoms with E-state index in [4.69, 9.17) is 11.6 Å². The molecule has 0 bridgehead atoms. The van der Waals surface area contributed by atoms with Crippen molar-refractivity contribution in [1.82, 2.24) is 5.32 Å². The standard InChI is InChI=1S/C17H16ClNO/c18-16(13-7-2-1-3-8-13)17(20)19-15-11-10-12-6-4-5-9-14(12)15/h1-9,15-16H,10-11H2,(H,19,20). The van der Waals surface area contributed by atoms with Gasteiger partial charge in [-0.2, -0.15) is 0 Å². The Balaban J connectivity index is 1.72. The van der Waals surface area contributed by atoms with E-state index < -0.39 is 5.38 Å². The van der Waals surface area contributed by atoms with Gasteiger partial charge in [0.1, 0.15) is 5.38 Å². The van der Waals surface area contributed by atoms with E-state index in [1.807, 2.05) is 42.5 Å². The van der Waals surface area contributed by atoms with E-state index in [9.17, 15) is 4.79 Å². The third-order valence-corrected chi connectivity index (χ3v) is 4.22. The number of rotatable bonds is 3. The molecule has 0 aromatic heterocycles. The number of hydrogen-bond acceptors (Lipinski definition) is 1. The van der Waals surface area contributed by atoms with Crippen molar-refractivity contribution >= 4 is 17.5 Å². The van der Waals surface area contributed by atoms with Crippen LogP contribution in [0.3, 0.4) is 0 Å². The number of halogens is 1. The summed E-state index contributed by atoms with van der Waals surface area (Å²) < 4.78 is 0. The van der Waals surface area contributed by atoms with Crippen molar-refractivity contribution in [2.45, 2.75) is 24.3 Å². The molecule has 0 saturated heterocycles. The molecule has 0 heterocycles. The Morgan fingerprint density at radius 1 is 1.10 bits per heavy atom. The topological polar surface area (TPSA) is 29.1 Å². The van der Waals surface area contributed by atoms with Gasteiger partial charge in [0, 0.05) is 0 Å². The van der Waals surface area contributed by atoms with E-state index in [0.29, 0.717) is 0 Å². The molecule has 0 radical (unpaired) electrons. The van der Waals surface area contributed by atoms with Crippen LogP contribution in [0.25, 0.3) is 0 Å². The van der Waals surface area contributed by atoms with Gasteiger partial charge in [0.2, 0.25) is 5.91 Å². The minimum Gasteiger partial charge on any atom is -0.348 e. The summed E-state index contributed by atoms with van der Waals surface area (Å²) in [5.74, 6) is -0.125. The molecule has 2 atom stereocenters. The number of carbonyl (C=O) groups excluding carboxylic acids is 1. The van der Waals surface area contributed by atoms with Crippen LogP contribution >= 0.6 is 11.6 Å². The van der Waals surface area contributed by atoms with Crippen LogP contribution in [-0.4, -0.2) is 5.91 Å². The molecule has 20 heavy (non-hydrogen) atoms. The van der Waals surface area contributed by atoms with Gasteiger partial charge in [0.05, 0.1) is 6.04 Å². The maximum absolute atomic E-state index is 12.3. The number of carbonyl (C=O) groups is 1. The number of hydrogen-bond donors (Lipinski definition) is 1. The summed E-state index contributed by atoms with van der Waals surface area (Å²) in [7, 11) is 0. The highest BCUT2D eigenvalue weighted by Gasteiger charge is 2.26. The first-order valence-electron chi connectivity index (χ1n) is 6.83.